The zero-order valence-electron chi connectivity index (χ0n) is 18.8. The van der Waals surface area contributed by atoms with Crippen LogP contribution in [0.15, 0.2) is 53.5 Å². The molecule has 1 atom stereocenters. The van der Waals surface area contributed by atoms with E-state index >= 15 is 0 Å². The van der Waals surface area contributed by atoms with Gasteiger partial charge in [-0.2, -0.15) is 0 Å². The summed E-state index contributed by atoms with van der Waals surface area (Å²) in [7, 11) is 0. The lowest BCUT2D eigenvalue weighted by atomic mass is 10.2. The molecule has 0 fully saturated rings. The first-order valence-corrected chi connectivity index (χ1v) is 11.9. The van der Waals surface area contributed by atoms with E-state index in [1.165, 1.54) is 0 Å². The van der Waals surface area contributed by atoms with Gasteiger partial charge in [0.1, 0.15) is 17.0 Å². The lowest BCUT2D eigenvalue weighted by molar-refractivity contribution is 0.238. The highest BCUT2D eigenvalue weighted by molar-refractivity contribution is 8.14. The Bertz CT molecular complexity index is 915. The maximum Gasteiger partial charge on any atom is 0.316 e. The molecule has 0 spiro atoms. The summed E-state index contributed by atoms with van der Waals surface area (Å²) in [6.07, 6.45) is -0.399. The summed E-state index contributed by atoms with van der Waals surface area (Å²) in [4.78, 5) is 16.9. The van der Waals surface area contributed by atoms with Crippen LogP contribution in [-0.4, -0.2) is 39.3 Å². The first kappa shape index (κ1) is 25.5. The van der Waals surface area contributed by atoms with Crippen LogP contribution in [-0.2, 0) is 6.54 Å². The minimum absolute atomic E-state index is 0.195. The highest BCUT2D eigenvalue weighted by Crippen LogP contribution is 2.17. The summed E-state index contributed by atoms with van der Waals surface area (Å²) in [6, 6.07) is 14.5. The second kappa shape index (κ2) is 12.9. The Balaban J connectivity index is 1.95. The number of thiocarbonyl (C=S) groups is 1. The summed E-state index contributed by atoms with van der Waals surface area (Å²) in [5, 5.41) is 22.7. The molecule has 0 saturated heterocycles. The number of hydrogen-bond donors (Lipinski definition) is 5. The molecule has 0 aliphatic carbocycles. The van der Waals surface area contributed by atoms with Crippen molar-refractivity contribution in [3.05, 3.63) is 59.7 Å². The van der Waals surface area contributed by atoms with Crippen molar-refractivity contribution < 1.29 is 9.90 Å². The summed E-state index contributed by atoms with van der Waals surface area (Å²) in [6.45, 7) is 8.33. The van der Waals surface area contributed by atoms with Gasteiger partial charge in [-0.15, -0.1) is 11.8 Å². The Morgan fingerprint density at radius 2 is 1.72 bits per heavy atom. The Kier molecular flexibility index (Phi) is 10.3. The molecule has 0 radical (unpaired) electrons. The van der Waals surface area contributed by atoms with E-state index < -0.39 is 6.17 Å². The molecule has 0 bridgehead atoms. The van der Waals surface area contributed by atoms with Crippen molar-refractivity contribution in [3.8, 4) is 5.75 Å². The van der Waals surface area contributed by atoms with E-state index in [9.17, 15) is 9.90 Å². The Hall–Kier alpha value is -2.78. The number of phenols is 1. The number of benzene rings is 2. The van der Waals surface area contributed by atoms with Crippen molar-refractivity contribution >= 4 is 45.9 Å². The number of aromatic hydroxyl groups is 1. The van der Waals surface area contributed by atoms with Crippen molar-refractivity contribution in [2.24, 2.45) is 4.99 Å². The third-order valence-electron chi connectivity index (χ3n) is 4.13. The number of aliphatic imine (C=N–C) groups is 1. The number of urea groups is 1. The lowest BCUT2D eigenvalue weighted by Crippen LogP contribution is -2.40. The number of nitrogens with zero attached hydrogens (tertiary/aromatic N) is 1. The quantitative estimate of drug-likeness (QED) is 0.221. The molecule has 1 unspecified atom stereocenters. The second-order valence-electron chi connectivity index (χ2n) is 7.37. The Labute approximate surface area is 199 Å². The molecule has 9 heteroatoms. The average Bonchev–Trinajstić information content (AvgIpc) is 2.73. The summed E-state index contributed by atoms with van der Waals surface area (Å²) >= 11 is 6.91. The average molecular weight is 474 g/mol. The second-order valence-corrected chi connectivity index (χ2v) is 9.03. The zero-order valence-corrected chi connectivity index (χ0v) is 20.4. The van der Waals surface area contributed by atoms with Crippen LogP contribution in [0.1, 0.15) is 38.8 Å². The highest BCUT2D eigenvalue weighted by atomic mass is 32.2. The van der Waals surface area contributed by atoms with Gasteiger partial charge in [0.2, 0.25) is 0 Å². The molecule has 32 heavy (non-hydrogen) atoms. The van der Waals surface area contributed by atoms with Crippen LogP contribution in [0, 0.1) is 0 Å². The number of carbonyl (C=O) groups is 1. The van der Waals surface area contributed by atoms with Gasteiger partial charge in [0.05, 0.1) is 0 Å². The predicted molar refractivity (Wildman–Crippen MR) is 139 cm³/mol. The fourth-order valence-corrected chi connectivity index (χ4v) is 3.86. The van der Waals surface area contributed by atoms with Crippen LogP contribution in [0.25, 0.3) is 0 Å². The SMILES string of the molecule is CCSC(=NC(C)NC(=O)NCc1ccc(O)cc1)c1ccc(NC(=S)NC(C)C)cc1. The minimum Gasteiger partial charge on any atom is -0.508 e. The molecule has 0 saturated carbocycles. The van der Waals surface area contributed by atoms with E-state index in [-0.39, 0.29) is 17.8 Å². The molecule has 2 rings (SSSR count). The molecular weight excluding hydrogens is 442 g/mol. The maximum atomic E-state index is 12.2. The van der Waals surface area contributed by atoms with E-state index in [1.54, 1.807) is 36.0 Å². The number of thioether (sulfide) groups is 1. The van der Waals surface area contributed by atoms with E-state index in [2.05, 4.69) is 33.2 Å². The fraction of sp³-hybridized carbons (Fsp3) is 0.348. The standard InChI is InChI=1S/C23H31N5O2S2/c1-5-32-21(18-8-10-19(11-9-18)28-23(31)25-15(2)3)26-16(4)27-22(30)24-14-17-6-12-20(29)13-7-17/h6-13,15-16,29H,5,14H2,1-4H3,(H2,24,27,30)(H2,25,28,31). The number of phenolic OH excluding ortho intramolecular Hbond substituents is 1. The molecule has 2 aromatic rings. The molecule has 7 nitrogen and oxygen atoms in total. The third-order valence-corrected chi connectivity index (χ3v) is 5.25. The van der Waals surface area contributed by atoms with Crippen LogP contribution >= 0.6 is 24.0 Å². The maximum absolute atomic E-state index is 12.2. The molecule has 0 heterocycles. The molecule has 2 aromatic carbocycles. The monoisotopic (exact) mass is 473 g/mol. The smallest absolute Gasteiger partial charge is 0.316 e. The number of hydrogen-bond acceptors (Lipinski definition) is 5. The van der Waals surface area contributed by atoms with Crippen molar-refractivity contribution in [3.63, 3.8) is 0 Å². The number of nitrogens with one attached hydrogen (secondary N) is 4. The van der Waals surface area contributed by atoms with E-state index in [0.29, 0.717) is 11.7 Å². The summed E-state index contributed by atoms with van der Waals surface area (Å²) in [5.41, 5.74) is 2.77. The van der Waals surface area contributed by atoms with Gasteiger partial charge in [-0.25, -0.2) is 4.79 Å². The van der Waals surface area contributed by atoms with Gasteiger partial charge >= 0.3 is 6.03 Å². The number of anilines is 1. The van der Waals surface area contributed by atoms with Gasteiger partial charge in [-0.1, -0.05) is 31.2 Å². The molecule has 0 aliphatic heterocycles. The summed E-state index contributed by atoms with van der Waals surface area (Å²) < 4.78 is 0. The van der Waals surface area contributed by atoms with Crippen molar-refractivity contribution in [2.45, 2.75) is 46.4 Å². The summed E-state index contributed by atoms with van der Waals surface area (Å²) in [5.74, 6) is 1.06. The predicted octanol–water partition coefficient (Wildman–Crippen LogP) is 4.43. The molecule has 0 aromatic heterocycles. The lowest BCUT2D eigenvalue weighted by Gasteiger charge is -2.15. The van der Waals surface area contributed by atoms with Gasteiger partial charge in [0.25, 0.3) is 0 Å². The Morgan fingerprint density at radius 3 is 2.31 bits per heavy atom. The van der Waals surface area contributed by atoms with Crippen molar-refractivity contribution in [2.75, 3.05) is 11.1 Å². The van der Waals surface area contributed by atoms with E-state index in [1.807, 2.05) is 45.0 Å². The number of carbonyl (C=O) groups excluding carboxylic acids is 1. The zero-order chi connectivity index (χ0) is 23.5. The third kappa shape index (κ3) is 9.15. The normalized spacial score (nSPS) is 12.2. The van der Waals surface area contributed by atoms with Gasteiger partial charge in [0, 0.05) is 23.8 Å². The highest BCUT2D eigenvalue weighted by Gasteiger charge is 2.10. The minimum atomic E-state index is -0.399. The van der Waals surface area contributed by atoms with E-state index in [0.717, 1.165) is 27.6 Å². The van der Waals surface area contributed by atoms with Crippen LogP contribution in [0.4, 0.5) is 10.5 Å². The van der Waals surface area contributed by atoms with Gasteiger partial charge < -0.3 is 26.4 Å². The van der Waals surface area contributed by atoms with Crippen molar-refractivity contribution in [1.82, 2.24) is 16.0 Å². The largest absolute Gasteiger partial charge is 0.508 e. The van der Waals surface area contributed by atoms with Crippen molar-refractivity contribution in [1.29, 1.82) is 0 Å². The van der Waals surface area contributed by atoms with E-state index in [4.69, 9.17) is 12.2 Å². The van der Waals surface area contributed by atoms with Crippen LogP contribution < -0.4 is 21.3 Å². The van der Waals surface area contributed by atoms with Gasteiger partial charge in [-0.05, 0) is 68.6 Å². The van der Waals surface area contributed by atoms with Crippen LogP contribution in [0.3, 0.4) is 0 Å². The molecule has 172 valence electrons. The van der Waals surface area contributed by atoms with Gasteiger partial charge in [-0.3, -0.25) is 4.99 Å². The first-order chi connectivity index (χ1) is 15.3. The Morgan fingerprint density at radius 1 is 1.06 bits per heavy atom. The fourth-order valence-electron chi connectivity index (χ4n) is 2.70. The molecule has 2 amide bonds. The first-order valence-electron chi connectivity index (χ1n) is 10.5. The van der Waals surface area contributed by atoms with Crippen LogP contribution in [0.5, 0.6) is 5.75 Å². The van der Waals surface area contributed by atoms with Gasteiger partial charge in [0.15, 0.2) is 5.11 Å². The molecule has 0 aliphatic rings. The topological polar surface area (TPSA) is 97.8 Å². The molecular formula is C23H31N5O2S2. The number of amides is 2. The molecule has 5 N–H and O–H groups in total. The van der Waals surface area contributed by atoms with Crippen LogP contribution in [0.2, 0.25) is 0 Å². The number of rotatable bonds is 8.